The van der Waals surface area contributed by atoms with E-state index in [1.165, 1.54) is 17.4 Å². The SMILES string of the molecule is Cc1c(N)cc(Br)cc1S(=O)(=O)Nc1nc(C(C)C)cs1. The highest BCUT2D eigenvalue weighted by Crippen LogP contribution is 2.29. The molecule has 0 aliphatic heterocycles. The number of nitrogen functional groups attached to an aromatic ring is 1. The molecule has 3 N–H and O–H groups in total. The lowest BCUT2D eigenvalue weighted by molar-refractivity contribution is 0.600. The van der Waals surface area contributed by atoms with Crippen molar-refractivity contribution in [3.8, 4) is 0 Å². The van der Waals surface area contributed by atoms with Gasteiger partial charge in [-0.25, -0.2) is 13.4 Å². The van der Waals surface area contributed by atoms with Crippen molar-refractivity contribution in [1.82, 2.24) is 4.98 Å². The molecule has 0 unspecified atom stereocenters. The van der Waals surface area contributed by atoms with Crippen LogP contribution in [0.1, 0.15) is 31.0 Å². The fraction of sp³-hybridized carbons (Fsp3) is 0.308. The van der Waals surface area contributed by atoms with Crippen LogP contribution in [0.4, 0.5) is 10.8 Å². The van der Waals surface area contributed by atoms with Crippen molar-refractivity contribution in [1.29, 1.82) is 0 Å². The Hall–Kier alpha value is -1.12. The Morgan fingerprint density at radius 3 is 2.62 bits per heavy atom. The zero-order valence-corrected chi connectivity index (χ0v) is 15.1. The Kier molecular flexibility index (Phi) is 4.60. The number of nitrogens with zero attached hydrogens (tertiary/aromatic N) is 1. The van der Waals surface area contributed by atoms with Gasteiger partial charge in [-0.15, -0.1) is 11.3 Å². The summed E-state index contributed by atoms with van der Waals surface area (Å²) < 4.78 is 28.1. The van der Waals surface area contributed by atoms with E-state index >= 15 is 0 Å². The van der Waals surface area contributed by atoms with Crippen LogP contribution in [0.2, 0.25) is 0 Å². The van der Waals surface area contributed by atoms with Crippen LogP contribution in [0.25, 0.3) is 0 Å². The molecule has 0 bridgehead atoms. The number of anilines is 2. The average molecular weight is 390 g/mol. The van der Waals surface area contributed by atoms with Gasteiger partial charge in [-0.2, -0.15) is 0 Å². The molecule has 2 rings (SSSR count). The predicted octanol–water partition coefficient (Wildman–Crippen LogP) is 3.72. The minimum Gasteiger partial charge on any atom is -0.398 e. The lowest BCUT2D eigenvalue weighted by Gasteiger charge is -2.11. The highest BCUT2D eigenvalue weighted by atomic mass is 79.9. The van der Waals surface area contributed by atoms with Gasteiger partial charge < -0.3 is 5.73 Å². The third-order valence-corrected chi connectivity index (χ3v) is 5.82. The van der Waals surface area contributed by atoms with Gasteiger partial charge >= 0.3 is 0 Å². The molecule has 1 heterocycles. The molecule has 0 radical (unpaired) electrons. The summed E-state index contributed by atoms with van der Waals surface area (Å²) in [6.07, 6.45) is 0. The largest absolute Gasteiger partial charge is 0.398 e. The Bertz CT molecular complexity index is 770. The van der Waals surface area contributed by atoms with Gasteiger partial charge in [-0.1, -0.05) is 29.8 Å². The van der Waals surface area contributed by atoms with Crippen molar-refractivity contribution in [2.24, 2.45) is 0 Å². The lowest BCUT2D eigenvalue weighted by atomic mass is 10.2. The van der Waals surface area contributed by atoms with Gasteiger partial charge in [0.2, 0.25) is 0 Å². The van der Waals surface area contributed by atoms with E-state index in [1.54, 1.807) is 13.0 Å². The first-order chi connectivity index (χ1) is 9.70. The maximum Gasteiger partial charge on any atom is 0.264 e. The first-order valence-electron chi connectivity index (χ1n) is 6.24. The van der Waals surface area contributed by atoms with Gasteiger partial charge in [0.15, 0.2) is 5.13 Å². The third-order valence-electron chi connectivity index (χ3n) is 2.99. The van der Waals surface area contributed by atoms with Gasteiger partial charge in [0, 0.05) is 15.5 Å². The third kappa shape index (κ3) is 3.56. The Balaban J connectivity index is 2.38. The molecule has 2 aromatic rings. The number of nitrogens with one attached hydrogen (secondary N) is 1. The Morgan fingerprint density at radius 2 is 2.05 bits per heavy atom. The topological polar surface area (TPSA) is 85.1 Å². The fourth-order valence-electron chi connectivity index (χ4n) is 1.72. The number of benzene rings is 1. The molecule has 0 saturated heterocycles. The molecule has 0 saturated carbocycles. The van der Waals surface area contributed by atoms with Gasteiger partial charge in [0.25, 0.3) is 10.0 Å². The van der Waals surface area contributed by atoms with Crippen molar-refractivity contribution >= 4 is 48.1 Å². The van der Waals surface area contributed by atoms with Crippen LogP contribution in [0.3, 0.4) is 0 Å². The number of rotatable bonds is 4. The summed E-state index contributed by atoms with van der Waals surface area (Å²) in [6.45, 7) is 5.69. The van der Waals surface area contributed by atoms with E-state index in [2.05, 4.69) is 25.6 Å². The second-order valence-corrected chi connectivity index (χ2v) is 8.38. The Labute approximate surface area is 136 Å². The molecule has 0 amide bonds. The van der Waals surface area contributed by atoms with Crippen LogP contribution in [-0.2, 0) is 10.0 Å². The zero-order valence-electron chi connectivity index (χ0n) is 11.8. The van der Waals surface area contributed by atoms with Crippen LogP contribution in [0, 0.1) is 6.92 Å². The van der Waals surface area contributed by atoms with E-state index in [9.17, 15) is 8.42 Å². The highest BCUT2D eigenvalue weighted by Gasteiger charge is 2.21. The minimum atomic E-state index is -3.71. The van der Waals surface area contributed by atoms with Crippen molar-refractivity contribution < 1.29 is 8.42 Å². The van der Waals surface area contributed by atoms with Gasteiger partial charge in [-0.05, 0) is 30.5 Å². The molecule has 0 spiro atoms. The highest BCUT2D eigenvalue weighted by molar-refractivity contribution is 9.10. The standard InChI is InChI=1S/C13H16BrN3O2S2/c1-7(2)11-6-20-13(16-11)17-21(18,19)12-5-9(14)4-10(15)8(12)3/h4-7H,15H2,1-3H3,(H,16,17). The van der Waals surface area contributed by atoms with E-state index in [-0.39, 0.29) is 10.8 Å². The second kappa shape index (κ2) is 5.94. The number of hydrogen-bond acceptors (Lipinski definition) is 5. The van der Waals surface area contributed by atoms with Crippen molar-refractivity contribution in [2.45, 2.75) is 31.6 Å². The van der Waals surface area contributed by atoms with E-state index in [1.807, 2.05) is 19.2 Å². The van der Waals surface area contributed by atoms with E-state index in [0.717, 1.165) is 5.69 Å². The number of aromatic nitrogens is 1. The first kappa shape index (κ1) is 16.3. The smallest absolute Gasteiger partial charge is 0.264 e. The van der Waals surface area contributed by atoms with Crippen LogP contribution in [0.15, 0.2) is 26.9 Å². The number of sulfonamides is 1. The monoisotopic (exact) mass is 389 g/mol. The molecule has 0 aliphatic rings. The zero-order chi connectivity index (χ0) is 15.8. The molecular weight excluding hydrogens is 374 g/mol. The molecular formula is C13H16BrN3O2S2. The Morgan fingerprint density at radius 1 is 1.38 bits per heavy atom. The van der Waals surface area contributed by atoms with Gasteiger partial charge in [0.1, 0.15) is 0 Å². The quantitative estimate of drug-likeness (QED) is 0.780. The summed E-state index contributed by atoms with van der Waals surface area (Å²) in [5, 5.41) is 2.21. The van der Waals surface area contributed by atoms with Gasteiger partial charge in [0.05, 0.1) is 10.6 Å². The minimum absolute atomic E-state index is 0.149. The van der Waals surface area contributed by atoms with Crippen molar-refractivity contribution in [3.63, 3.8) is 0 Å². The number of hydrogen-bond donors (Lipinski definition) is 2. The molecule has 0 atom stereocenters. The van der Waals surface area contributed by atoms with Gasteiger partial charge in [-0.3, -0.25) is 4.72 Å². The summed E-state index contributed by atoms with van der Waals surface area (Å²) in [5.74, 6) is 0.253. The molecule has 114 valence electrons. The van der Waals surface area contributed by atoms with Crippen molar-refractivity contribution in [3.05, 3.63) is 33.2 Å². The maximum absolute atomic E-state index is 12.5. The molecule has 5 nitrogen and oxygen atoms in total. The summed E-state index contributed by atoms with van der Waals surface area (Å²) in [6, 6.07) is 3.21. The molecule has 21 heavy (non-hydrogen) atoms. The lowest BCUT2D eigenvalue weighted by Crippen LogP contribution is -2.15. The predicted molar refractivity (Wildman–Crippen MR) is 90.3 cm³/mol. The second-order valence-electron chi connectivity index (χ2n) is 4.96. The maximum atomic E-state index is 12.5. The number of nitrogens with two attached hydrogens (primary N) is 1. The first-order valence-corrected chi connectivity index (χ1v) is 9.40. The van der Waals surface area contributed by atoms with Crippen LogP contribution < -0.4 is 10.5 Å². The summed E-state index contributed by atoms with van der Waals surface area (Å²) in [4.78, 5) is 4.43. The van der Waals surface area contributed by atoms with E-state index < -0.39 is 10.0 Å². The molecule has 1 aromatic heterocycles. The van der Waals surface area contributed by atoms with Crippen LogP contribution in [-0.4, -0.2) is 13.4 Å². The summed E-state index contributed by atoms with van der Waals surface area (Å²) in [5.41, 5.74) is 7.63. The van der Waals surface area contributed by atoms with Crippen LogP contribution in [0.5, 0.6) is 0 Å². The number of halogens is 1. The van der Waals surface area contributed by atoms with E-state index in [0.29, 0.717) is 20.9 Å². The molecule has 0 fully saturated rings. The normalized spacial score (nSPS) is 11.9. The summed E-state index contributed by atoms with van der Waals surface area (Å²) in [7, 11) is -3.71. The summed E-state index contributed by atoms with van der Waals surface area (Å²) >= 11 is 4.53. The van der Waals surface area contributed by atoms with E-state index in [4.69, 9.17) is 5.73 Å². The average Bonchev–Trinajstić information content (AvgIpc) is 2.81. The molecule has 0 aliphatic carbocycles. The van der Waals surface area contributed by atoms with Crippen molar-refractivity contribution in [2.75, 3.05) is 10.5 Å². The molecule has 8 heteroatoms. The molecule has 1 aromatic carbocycles. The fourth-order valence-corrected chi connectivity index (χ4v) is 4.77. The number of thiazole rings is 1. The van der Waals surface area contributed by atoms with Crippen LogP contribution >= 0.6 is 27.3 Å².